The fourth-order valence-electron chi connectivity index (χ4n) is 4.62. The van der Waals surface area contributed by atoms with Gasteiger partial charge in [0.15, 0.2) is 23.9 Å². The number of benzene rings is 2. The smallest absolute Gasteiger partial charge is 0.341 e. The second-order valence-electron chi connectivity index (χ2n) is 9.10. The summed E-state index contributed by atoms with van der Waals surface area (Å²) < 4.78 is 18.1. The van der Waals surface area contributed by atoms with Gasteiger partial charge in [-0.05, 0) is 30.2 Å². The minimum atomic E-state index is -1.10. The molecule has 0 saturated heterocycles. The normalized spacial score (nSPS) is 11.2. The number of pyridine rings is 1. The lowest BCUT2D eigenvalue weighted by Crippen LogP contribution is -2.33. The van der Waals surface area contributed by atoms with Crippen LogP contribution in [0.4, 0.5) is 5.82 Å². The van der Waals surface area contributed by atoms with E-state index in [0.29, 0.717) is 49.6 Å². The first-order chi connectivity index (χ1) is 19.4. The molecule has 12 heteroatoms. The van der Waals surface area contributed by atoms with Crippen molar-refractivity contribution in [3.8, 4) is 11.5 Å². The minimum absolute atomic E-state index is 0.168. The molecular weight excluding hydrogens is 538 g/mol. The van der Waals surface area contributed by atoms with Gasteiger partial charge in [0.2, 0.25) is 5.91 Å². The lowest BCUT2D eigenvalue weighted by molar-refractivity contribution is -0.139. The number of ether oxygens (including phenoxy) is 3. The van der Waals surface area contributed by atoms with Crippen LogP contribution in [-0.2, 0) is 33.8 Å². The van der Waals surface area contributed by atoms with Crippen molar-refractivity contribution in [2.45, 2.75) is 25.9 Å². The van der Waals surface area contributed by atoms with E-state index in [1.165, 1.54) is 7.11 Å². The quantitative estimate of drug-likeness (QED) is 0.218. The number of carbonyl (C=O) groups excluding carboxylic acids is 1. The van der Waals surface area contributed by atoms with Gasteiger partial charge in [-0.25, -0.2) is 14.8 Å². The van der Waals surface area contributed by atoms with Gasteiger partial charge in [0.25, 0.3) is 0 Å². The monoisotopic (exact) mass is 569 g/mol. The van der Waals surface area contributed by atoms with Gasteiger partial charge in [0, 0.05) is 38.6 Å². The summed E-state index contributed by atoms with van der Waals surface area (Å²) in [5.74, 6) is 0.382. The Morgan fingerprint density at radius 1 is 1.12 bits per heavy atom. The molecule has 0 unspecified atom stereocenters. The van der Waals surface area contributed by atoms with Crippen LogP contribution in [0.1, 0.15) is 17.8 Å². The maximum atomic E-state index is 12.8. The molecule has 0 aliphatic heterocycles. The number of nitrogens with two attached hydrogens (primary N) is 1. The zero-order valence-corrected chi connectivity index (χ0v) is 23.2. The third kappa shape index (κ3) is 6.54. The lowest BCUT2D eigenvalue weighted by atomic mass is 10.1. The molecule has 0 atom stereocenters. The first kappa shape index (κ1) is 28.9. The number of hydrogen-bond acceptors (Lipinski definition) is 8. The molecule has 1 amide bonds. The number of nitrogens with zero attached hydrogens (tertiary/aromatic N) is 4. The maximum absolute atomic E-state index is 12.8. The van der Waals surface area contributed by atoms with E-state index in [1.54, 1.807) is 30.2 Å². The van der Waals surface area contributed by atoms with E-state index in [9.17, 15) is 9.59 Å². The number of aromatic nitrogens is 3. The number of carbonyl (C=O) groups is 2. The van der Waals surface area contributed by atoms with Crippen molar-refractivity contribution >= 4 is 51.2 Å². The first-order valence-corrected chi connectivity index (χ1v) is 13.3. The van der Waals surface area contributed by atoms with Gasteiger partial charge in [-0.1, -0.05) is 24.3 Å². The zero-order chi connectivity index (χ0) is 28.6. The summed E-state index contributed by atoms with van der Waals surface area (Å²) in [6, 6.07) is 12.9. The Bertz CT molecular complexity index is 1510. The molecule has 0 aliphatic rings. The number of carboxylic acid groups (broad SMARTS) is 1. The molecule has 2 aromatic carbocycles. The van der Waals surface area contributed by atoms with Crippen molar-refractivity contribution in [2.24, 2.45) is 0 Å². The third-order valence-corrected chi connectivity index (χ3v) is 6.68. The highest BCUT2D eigenvalue weighted by Gasteiger charge is 2.19. The highest BCUT2D eigenvalue weighted by molar-refractivity contribution is 6.27. The molecule has 3 N–H and O–H groups in total. The predicted molar refractivity (Wildman–Crippen MR) is 152 cm³/mol. The maximum Gasteiger partial charge on any atom is 0.341 e. The minimum Gasteiger partial charge on any atom is -0.493 e. The van der Waals surface area contributed by atoms with Crippen LogP contribution in [0.2, 0.25) is 0 Å². The zero-order valence-electron chi connectivity index (χ0n) is 22.4. The first-order valence-electron chi connectivity index (χ1n) is 12.7. The van der Waals surface area contributed by atoms with Crippen LogP contribution in [-0.4, -0.2) is 76.3 Å². The Labute approximate surface area is 236 Å². The number of rotatable bonds is 14. The average Bonchev–Trinajstić information content (AvgIpc) is 3.33. The summed E-state index contributed by atoms with van der Waals surface area (Å²) in [5, 5.41) is 9.93. The largest absolute Gasteiger partial charge is 0.493 e. The summed E-state index contributed by atoms with van der Waals surface area (Å²) >= 11 is 5.95. The number of aryl methyl sites for hydroxylation is 1. The number of hydrogen-bond donors (Lipinski definition) is 2. The van der Waals surface area contributed by atoms with Gasteiger partial charge >= 0.3 is 5.97 Å². The Kier molecular flexibility index (Phi) is 9.62. The van der Waals surface area contributed by atoms with Crippen LogP contribution in [0.25, 0.3) is 21.9 Å². The molecule has 2 heterocycles. The van der Waals surface area contributed by atoms with Crippen molar-refractivity contribution in [2.75, 3.05) is 45.6 Å². The van der Waals surface area contributed by atoms with Gasteiger partial charge in [-0.3, -0.25) is 4.79 Å². The number of fused-ring (bicyclic) bond motifs is 3. The van der Waals surface area contributed by atoms with Gasteiger partial charge < -0.3 is 34.5 Å². The molecule has 0 fully saturated rings. The van der Waals surface area contributed by atoms with Gasteiger partial charge in [-0.2, -0.15) is 0 Å². The third-order valence-electron chi connectivity index (χ3n) is 6.45. The number of halogens is 1. The van der Waals surface area contributed by atoms with Crippen molar-refractivity contribution in [3.05, 3.63) is 53.9 Å². The molecule has 0 spiro atoms. The summed E-state index contributed by atoms with van der Waals surface area (Å²) in [5.41, 5.74) is 9.37. The molecule has 212 valence electrons. The number of nitrogen functional groups attached to an aromatic ring is 1. The highest BCUT2D eigenvalue weighted by atomic mass is 35.5. The van der Waals surface area contributed by atoms with E-state index in [-0.39, 0.29) is 24.1 Å². The van der Waals surface area contributed by atoms with Crippen molar-refractivity contribution in [1.29, 1.82) is 0 Å². The molecule has 2 aromatic heterocycles. The predicted octanol–water partition coefficient (Wildman–Crippen LogP) is 3.49. The van der Waals surface area contributed by atoms with Crippen LogP contribution in [0, 0.1) is 0 Å². The number of anilines is 1. The summed E-state index contributed by atoms with van der Waals surface area (Å²) in [7, 11) is 3.12. The number of carboxylic acids is 1. The number of imidazole rings is 1. The van der Waals surface area contributed by atoms with Gasteiger partial charge in [0.1, 0.15) is 17.2 Å². The molecule has 0 bridgehead atoms. The Hall–Kier alpha value is -4.09. The number of aliphatic carboxylic acids is 1. The van der Waals surface area contributed by atoms with Crippen LogP contribution in [0.15, 0.2) is 42.5 Å². The number of alkyl halides is 1. The molecule has 0 aliphatic carbocycles. The van der Waals surface area contributed by atoms with Crippen molar-refractivity contribution in [1.82, 2.24) is 19.4 Å². The van der Waals surface area contributed by atoms with Crippen LogP contribution < -0.4 is 15.2 Å². The highest BCUT2D eigenvalue weighted by Crippen LogP contribution is 2.30. The lowest BCUT2D eigenvalue weighted by Gasteiger charge is -2.23. The molecule has 4 rings (SSSR count). The Balaban J connectivity index is 1.58. The fraction of sp³-hybridized carbons (Fsp3) is 0.357. The standard InChI is InChI=1S/C28H32ClN5O6/c1-38-13-10-23-32-26-27(19-6-3-4-7-20(19)31-28(26)30)34(23)12-5-11-33(24(35)15-29)16-18-8-9-21(39-2)22(14-18)40-17-25(36)37/h3-4,6-9,14H,5,10-13,15-17H2,1-2H3,(H2,30,31)(H,36,37). The molecular formula is C28H32ClN5O6. The second kappa shape index (κ2) is 13.3. The van der Waals surface area contributed by atoms with E-state index in [1.807, 2.05) is 24.3 Å². The van der Waals surface area contributed by atoms with E-state index < -0.39 is 12.6 Å². The second-order valence-corrected chi connectivity index (χ2v) is 9.37. The van der Waals surface area contributed by atoms with Crippen LogP contribution in [0.5, 0.6) is 11.5 Å². The summed E-state index contributed by atoms with van der Waals surface area (Å²) in [6.45, 7) is 1.24. The van der Waals surface area contributed by atoms with Crippen molar-refractivity contribution in [3.63, 3.8) is 0 Å². The van der Waals surface area contributed by atoms with E-state index in [2.05, 4.69) is 9.55 Å². The fourth-order valence-corrected chi connectivity index (χ4v) is 4.79. The number of amides is 1. The molecule has 0 radical (unpaired) electrons. The van der Waals surface area contributed by atoms with E-state index >= 15 is 0 Å². The number of para-hydroxylation sites is 1. The summed E-state index contributed by atoms with van der Waals surface area (Å²) in [4.78, 5) is 34.7. The molecule has 40 heavy (non-hydrogen) atoms. The Morgan fingerprint density at radius 2 is 1.93 bits per heavy atom. The molecule has 0 saturated carbocycles. The van der Waals surface area contributed by atoms with E-state index in [4.69, 9.17) is 41.6 Å². The number of methoxy groups -OCH3 is 2. The molecule has 4 aromatic rings. The van der Waals surface area contributed by atoms with Crippen molar-refractivity contribution < 1.29 is 28.9 Å². The average molecular weight is 570 g/mol. The van der Waals surface area contributed by atoms with Gasteiger partial charge in [-0.15, -0.1) is 11.6 Å². The SMILES string of the molecule is COCCc1nc2c(N)nc3ccccc3c2n1CCCN(Cc1ccc(OC)c(OCC(=O)O)c1)C(=O)CCl. The molecule has 11 nitrogen and oxygen atoms in total. The topological polar surface area (TPSA) is 142 Å². The summed E-state index contributed by atoms with van der Waals surface area (Å²) in [6.07, 6.45) is 1.21. The van der Waals surface area contributed by atoms with Crippen LogP contribution >= 0.6 is 11.6 Å². The van der Waals surface area contributed by atoms with Crippen LogP contribution in [0.3, 0.4) is 0 Å². The Morgan fingerprint density at radius 3 is 2.65 bits per heavy atom. The van der Waals surface area contributed by atoms with E-state index in [0.717, 1.165) is 27.8 Å². The van der Waals surface area contributed by atoms with Gasteiger partial charge in [0.05, 0.1) is 24.8 Å².